The second-order valence-electron chi connectivity index (χ2n) is 4.81. The number of hydrogen-bond acceptors (Lipinski definition) is 2. The molecule has 2 rings (SSSR count). The maximum absolute atomic E-state index is 11.9. The van der Waals surface area contributed by atoms with E-state index in [1.807, 2.05) is 32.0 Å². The van der Waals surface area contributed by atoms with Crippen LogP contribution in [-0.4, -0.2) is 18.5 Å². The molecule has 1 aliphatic rings. The van der Waals surface area contributed by atoms with Gasteiger partial charge in [-0.3, -0.25) is 4.79 Å². The Balaban J connectivity index is 1.97. The molecule has 2 N–H and O–H groups in total. The number of rotatable bonds is 3. The first-order valence-corrected chi connectivity index (χ1v) is 6.26. The molecule has 0 radical (unpaired) electrons. The van der Waals surface area contributed by atoms with Crippen molar-refractivity contribution in [1.29, 1.82) is 0 Å². The van der Waals surface area contributed by atoms with Crippen molar-refractivity contribution in [2.24, 2.45) is 0 Å². The molecule has 0 spiro atoms. The highest BCUT2D eigenvalue weighted by atomic mass is 16.1. The predicted molar refractivity (Wildman–Crippen MR) is 70.2 cm³/mol. The minimum Gasteiger partial charge on any atom is -0.326 e. The van der Waals surface area contributed by atoms with Gasteiger partial charge in [0.2, 0.25) is 5.91 Å². The standard InChI is InChI=1S/C14H20N2O/c1-10-5-3-6-11(2)14(10)16-13(17)9-12-7-4-8-15-12/h3,5-6,12,15H,4,7-9H2,1-2H3,(H,16,17). The van der Waals surface area contributed by atoms with Crippen LogP contribution in [0.3, 0.4) is 0 Å². The first-order valence-electron chi connectivity index (χ1n) is 6.26. The van der Waals surface area contributed by atoms with Crippen LogP contribution in [0.25, 0.3) is 0 Å². The van der Waals surface area contributed by atoms with E-state index < -0.39 is 0 Å². The van der Waals surface area contributed by atoms with Crippen LogP contribution in [0.4, 0.5) is 5.69 Å². The van der Waals surface area contributed by atoms with Crippen molar-refractivity contribution in [1.82, 2.24) is 5.32 Å². The number of amides is 1. The Labute approximate surface area is 103 Å². The molecule has 17 heavy (non-hydrogen) atoms. The summed E-state index contributed by atoms with van der Waals surface area (Å²) in [7, 11) is 0. The molecule has 1 atom stereocenters. The highest BCUT2D eigenvalue weighted by Gasteiger charge is 2.18. The van der Waals surface area contributed by atoms with Crippen LogP contribution in [0.5, 0.6) is 0 Å². The Morgan fingerprint density at radius 1 is 1.41 bits per heavy atom. The van der Waals surface area contributed by atoms with Crippen molar-refractivity contribution in [3.8, 4) is 0 Å². The second kappa shape index (κ2) is 5.32. The van der Waals surface area contributed by atoms with Gasteiger partial charge in [0.05, 0.1) is 0 Å². The fourth-order valence-electron chi connectivity index (χ4n) is 2.36. The summed E-state index contributed by atoms with van der Waals surface area (Å²) in [6.45, 7) is 5.09. The molecule has 1 saturated heterocycles. The van der Waals surface area contributed by atoms with Gasteiger partial charge in [0.25, 0.3) is 0 Å². The van der Waals surface area contributed by atoms with Crippen LogP contribution in [0.1, 0.15) is 30.4 Å². The number of hydrogen-bond donors (Lipinski definition) is 2. The topological polar surface area (TPSA) is 41.1 Å². The normalized spacial score (nSPS) is 19.3. The molecule has 1 fully saturated rings. The molecule has 1 aliphatic heterocycles. The highest BCUT2D eigenvalue weighted by molar-refractivity contribution is 5.92. The molecule has 0 saturated carbocycles. The fraction of sp³-hybridized carbons (Fsp3) is 0.500. The van der Waals surface area contributed by atoms with Crippen molar-refractivity contribution >= 4 is 11.6 Å². The number of aryl methyl sites for hydroxylation is 2. The van der Waals surface area contributed by atoms with Crippen LogP contribution in [0.15, 0.2) is 18.2 Å². The maximum Gasteiger partial charge on any atom is 0.225 e. The molecule has 92 valence electrons. The predicted octanol–water partition coefficient (Wildman–Crippen LogP) is 2.38. The van der Waals surface area contributed by atoms with Gasteiger partial charge < -0.3 is 10.6 Å². The van der Waals surface area contributed by atoms with Crippen molar-refractivity contribution < 1.29 is 4.79 Å². The van der Waals surface area contributed by atoms with E-state index in [2.05, 4.69) is 10.6 Å². The number of nitrogens with one attached hydrogen (secondary N) is 2. The highest BCUT2D eigenvalue weighted by Crippen LogP contribution is 2.20. The zero-order valence-electron chi connectivity index (χ0n) is 10.5. The number of anilines is 1. The maximum atomic E-state index is 11.9. The van der Waals surface area contributed by atoms with E-state index in [1.54, 1.807) is 0 Å². The van der Waals surface area contributed by atoms with Crippen LogP contribution in [0, 0.1) is 13.8 Å². The lowest BCUT2D eigenvalue weighted by Crippen LogP contribution is -2.27. The Morgan fingerprint density at radius 2 is 2.12 bits per heavy atom. The second-order valence-corrected chi connectivity index (χ2v) is 4.81. The lowest BCUT2D eigenvalue weighted by atomic mass is 10.1. The van der Waals surface area contributed by atoms with Gasteiger partial charge in [-0.15, -0.1) is 0 Å². The fourth-order valence-corrected chi connectivity index (χ4v) is 2.36. The lowest BCUT2D eigenvalue weighted by molar-refractivity contribution is -0.116. The van der Waals surface area contributed by atoms with E-state index in [-0.39, 0.29) is 5.91 Å². The van der Waals surface area contributed by atoms with Crippen LogP contribution < -0.4 is 10.6 Å². The van der Waals surface area contributed by atoms with E-state index in [4.69, 9.17) is 0 Å². The number of para-hydroxylation sites is 1. The third-order valence-corrected chi connectivity index (χ3v) is 3.34. The summed E-state index contributed by atoms with van der Waals surface area (Å²) in [6.07, 6.45) is 2.87. The third kappa shape index (κ3) is 3.07. The van der Waals surface area contributed by atoms with E-state index in [0.717, 1.165) is 29.8 Å². The first kappa shape index (κ1) is 12.1. The van der Waals surface area contributed by atoms with Gasteiger partial charge in [-0.2, -0.15) is 0 Å². The molecule has 0 bridgehead atoms. The SMILES string of the molecule is Cc1cccc(C)c1NC(=O)CC1CCCN1. The average Bonchev–Trinajstić information content (AvgIpc) is 2.76. The Morgan fingerprint density at radius 3 is 2.71 bits per heavy atom. The monoisotopic (exact) mass is 232 g/mol. The molecule has 0 aliphatic carbocycles. The van der Waals surface area contributed by atoms with Crippen LogP contribution in [-0.2, 0) is 4.79 Å². The Bertz CT molecular complexity index is 388. The molecule has 3 heteroatoms. The molecular weight excluding hydrogens is 212 g/mol. The van der Waals surface area contributed by atoms with Crippen molar-refractivity contribution in [2.75, 3.05) is 11.9 Å². The largest absolute Gasteiger partial charge is 0.326 e. The number of carbonyl (C=O) groups excluding carboxylic acids is 1. The smallest absolute Gasteiger partial charge is 0.225 e. The molecular formula is C14H20N2O. The summed E-state index contributed by atoms with van der Waals surface area (Å²) < 4.78 is 0. The van der Waals surface area contributed by atoms with E-state index >= 15 is 0 Å². The first-order chi connectivity index (χ1) is 8.16. The van der Waals surface area contributed by atoms with Gasteiger partial charge in [0, 0.05) is 18.2 Å². The lowest BCUT2D eigenvalue weighted by Gasteiger charge is -2.13. The molecule has 3 nitrogen and oxygen atoms in total. The summed E-state index contributed by atoms with van der Waals surface area (Å²) >= 11 is 0. The minimum atomic E-state index is 0.113. The average molecular weight is 232 g/mol. The summed E-state index contributed by atoms with van der Waals surface area (Å²) in [5.74, 6) is 0.113. The number of carbonyl (C=O) groups is 1. The summed E-state index contributed by atoms with van der Waals surface area (Å²) in [6, 6.07) is 6.42. The van der Waals surface area contributed by atoms with E-state index in [0.29, 0.717) is 12.5 Å². The molecule has 1 amide bonds. The van der Waals surface area contributed by atoms with Gasteiger partial charge >= 0.3 is 0 Å². The quantitative estimate of drug-likeness (QED) is 0.840. The van der Waals surface area contributed by atoms with Crippen LogP contribution in [0.2, 0.25) is 0 Å². The van der Waals surface area contributed by atoms with Gasteiger partial charge in [0.15, 0.2) is 0 Å². The zero-order valence-corrected chi connectivity index (χ0v) is 10.5. The van der Waals surface area contributed by atoms with Gasteiger partial charge in [0.1, 0.15) is 0 Å². The molecule has 1 heterocycles. The Hall–Kier alpha value is -1.35. The van der Waals surface area contributed by atoms with Gasteiger partial charge in [-0.1, -0.05) is 18.2 Å². The van der Waals surface area contributed by atoms with Crippen molar-refractivity contribution in [3.63, 3.8) is 0 Å². The molecule has 1 unspecified atom stereocenters. The Kier molecular flexibility index (Phi) is 3.79. The van der Waals surface area contributed by atoms with Crippen LogP contribution >= 0.6 is 0 Å². The third-order valence-electron chi connectivity index (χ3n) is 3.34. The minimum absolute atomic E-state index is 0.113. The number of benzene rings is 1. The molecule has 0 aromatic heterocycles. The molecule has 1 aromatic carbocycles. The molecule has 1 aromatic rings. The zero-order chi connectivity index (χ0) is 12.3. The van der Waals surface area contributed by atoms with Crippen molar-refractivity contribution in [3.05, 3.63) is 29.3 Å². The van der Waals surface area contributed by atoms with E-state index in [1.165, 1.54) is 6.42 Å². The summed E-state index contributed by atoms with van der Waals surface area (Å²) in [4.78, 5) is 11.9. The van der Waals surface area contributed by atoms with Gasteiger partial charge in [-0.25, -0.2) is 0 Å². The summed E-state index contributed by atoms with van der Waals surface area (Å²) in [5, 5.41) is 6.37. The summed E-state index contributed by atoms with van der Waals surface area (Å²) in [5.41, 5.74) is 3.21. The van der Waals surface area contributed by atoms with Gasteiger partial charge in [-0.05, 0) is 44.4 Å². The van der Waals surface area contributed by atoms with E-state index in [9.17, 15) is 4.79 Å². The van der Waals surface area contributed by atoms with Crippen molar-refractivity contribution in [2.45, 2.75) is 39.2 Å².